The van der Waals surface area contributed by atoms with E-state index in [2.05, 4.69) is 32.6 Å². The summed E-state index contributed by atoms with van der Waals surface area (Å²) < 4.78 is 0. The van der Waals surface area contributed by atoms with Crippen LogP contribution in [0.3, 0.4) is 0 Å². The zero-order valence-corrected chi connectivity index (χ0v) is 9.31. The van der Waals surface area contributed by atoms with Crippen molar-refractivity contribution in [3.8, 4) is 0 Å². The maximum Gasteiger partial charge on any atom is -0.0144 e. The van der Waals surface area contributed by atoms with E-state index in [-0.39, 0.29) is 0 Å². The van der Waals surface area contributed by atoms with Crippen LogP contribution in [0.2, 0.25) is 0 Å². The van der Waals surface area contributed by atoms with E-state index in [9.17, 15) is 0 Å². The van der Waals surface area contributed by atoms with Crippen molar-refractivity contribution in [3.05, 3.63) is 24.3 Å². The summed E-state index contributed by atoms with van der Waals surface area (Å²) in [7, 11) is 0. The van der Waals surface area contributed by atoms with Crippen molar-refractivity contribution in [2.24, 2.45) is 0 Å². The Morgan fingerprint density at radius 3 is 2.38 bits per heavy atom. The van der Waals surface area contributed by atoms with E-state index in [0.29, 0.717) is 0 Å². The van der Waals surface area contributed by atoms with Gasteiger partial charge in [0.2, 0.25) is 0 Å². The lowest BCUT2D eigenvalue weighted by Crippen LogP contribution is -1.76. The molecule has 0 saturated carbocycles. The summed E-state index contributed by atoms with van der Waals surface area (Å²) in [6.07, 6.45) is 13.7. The van der Waals surface area contributed by atoms with E-state index in [1.54, 1.807) is 0 Å². The summed E-state index contributed by atoms with van der Waals surface area (Å²) in [5.41, 5.74) is 1.25. The van der Waals surface area contributed by atoms with Gasteiger partial charge < -0.3 is 0 Å². The first kappa shape index (κ1) is 12.5. The standard InChI is InChI=1S/C13H24/c1-4-5-6-7-8-9-10-11-12-13(2)3/h10-11H,2,4-9,12H2,1,3H3. The van der Waals surface area contributed by atoms with Crippen LogP contribution in [0.5, 0.6) is 0 Å². The molecule has 0 spiro atoms. The Labute approximate surface area is 83.7 Å². The Bertz CT molecular complexity index is 142. The molecule has 0 aliphatic carbocycles. The topological polar surface area (TPSA) is 0 Å². The van der Waals surface area contributed by atoms with Crippen LogP contribution in [-0.4, -0.2) is 0 Å². The molecule has 0 heteroatoms. The van der Waals surface area contributed by atoms with Crippen LogP contribution in [0, 0.1) is 0 Å². The van der Waals surface area contributed by atoms with Gasteiger partial charge in [-0.3, -0.25) is 0 Å². The predicted octanol–water partition coefficient (Wildman–Crippen LogP) is 4.87. The molecular weight excluding hydrogens is 156 g/mol. The van der Waals surface area contributed by atoms with Crippen molar-refractivity contribution < 1.29 is 0 Å². The third-order valence-electron chi connectivity index (χ3n) is 2.11. The highest BCUT2D eigenvalue weighted by Gasteiger charge is 1.86. The average molecular weight is 180 g/mol. The SMILES string of the molecule is C=C(C)CC=CCCCCCCC. The van der Waals surface area contributed by atoms with E-state index < -0.39 is 0 Å². The van der Waals surface area contributed by atoms with E-state index in [0.717, 1.165) is 6.42 Å². The molecule has 0 unspecified atom stereocenters. The zero-order chi connectivity index (χ0) is 9.94. The fourth-order valence-corrected chi connectivity index (χ4v) is 1.27. The van der Waals surface area contributed by atoms with Crippen LogP contribution >= 0.6 is 0 Å². The normalized spacial score (nSPS) is 10.9. The monoisotopic (exact) mass is 180 g/mol. The Kier molecular flexibility index (Phi) is 9.18. The second-order valence-electron chi connectivity index (χ2n) is 3.84. The molecule has 0 nitrogen and oxygen atoms in total. The molecule has 0 radical (unpaired) electrons. The van der Waals surface area contributed by atoms with E-state index in [1.165, 1.54) is 44.1 Å². The van der Waals surface area contributed by atoms with Crippen molar-refractivity contribution in [2.75, 3.05) is 0 Å². The van der Waals surface area contributed by atoms with Gasteiger partial charge in [-0.05, 0) is 26.2 Å². The van der Waals surface area contributed by atoms with Gasteiger partial charge in [0.1, 0.15) is 0 Å². The summed E-state index contributed by atoms with van der Waals surface area (Å²) in [6.45, 7) is 8.19. The Hall–Kier alpha value is -0.520. The largest absolute Gasteiger partial charge is 0.0998 e. The summed E-state index contributed by atoms with van der Waals surface area (Å²) in [4.78, 5) is 0. The molecule has 0 amide bonds. The zero-order valence-electron chi connectivity index (χ0n) is 9.31. The smallest absolute Gasteiger partial charge is 0.0144 e. The second-order valence-corrected chi connectivity index (χ2v) is 3.84. The number of hydrogen-bond acceptors (Lipinski definition) is 0. The molecule has 0 bridgehead atoms. The highest BCUT2D eigenvalue weighted by Crippen LogP contribution is 2.06. The molecule has 0 atom stereocenters. The minimum absolute atomic E-state index is 1.05. The maximum absolute atomic E-state index is 3.86. The molecule has 0 aromatic carbocycles. The molecule has 0 N–H and O–H groups in total. The molecule has 76 valence electrons. The van der Waals surface area contributed by atoms with Gasteiger partial charge in [-0.25, -0.2) is 0 Å². The minimum atomic E-state index is 1.05. The highest BCUT2D eigenvalue weighted by atomic mass is 13.9. The molecule has 0 aliphatic rings. The van der Waals surface area contributed by atoms with E-state index in [4.69, 9.17) is 0 Å². The Morgan fingerprint density at radius 1 is 1.08 bits per heavy atom. The van der Waals surface area contributed by atoms with Crippen molar-refractivity contribution in [1.29, 1.82) is 0 Å². The molecule has 0 heterocycles. The molecule has 0 fully saturated rings. The minimum Gasteiger partial charge on any atom is -0.0998 e. The molecule has 0 rings (SSSR count). The first-order chi connectivity index (χ1) is 6.27. The van der Waals surface area contributed by atoms with Gasteiger partial charge >= 0.3 is 0 Å². The number of allylic oxidation sites excluding steroid dienone is 3. The Morgan fingerprint density at radius 2 is 1.77 bits per heavy atom. The first-order valence-electron chi connectivity index (χ1n) is 5.56. The lowest BCUT2D eigenvalue weighted by atomic mass is 10.1. The molecule has 13 heavy (non-hydrogen) atoms. The lowest BCUT2D eigenvalue weighted by molar-refractivity contribution is 0.637. The molecule has 0 aromatic rings. The maximum atomic E-state index is 3.86. The quantitative estimate of drug-likeness (QED) is 0.369. The number of unbranched alkanes of at least 4 members (excludes halogenated alkanes) is 5. The summed E-state index contributed by atoms with van der Waals surface area (Å²) in [5.74, 6) is 0. The van der Waals surface area contributed by atoms with Crippen LogP contribution in [0.15, 0.2) is 24.3 Å². The van der Waals surface area contributed by atoms with Crippen molar-refractivity contribution in [3.63, 3.8) is 0 Å². The lowest BCUT2D eigenvalue weighted by Gasteiger charge is -1.96. The second kappa shape index (κ2) is 9.57. The summed E-state index contributed by atoms with van der Waals surface area (Å²) in [5, 5.41) is 0. The van der Waals surface area contributed by atoms with Gasteiger partial charge in [0, 0.05) is 0 Å². The molecule has 0 aromatic heterocycles. The van der Waals surface area contributed by atoms with E-state index >= 15 is 0 Å². The van der Waals surface area contributed by atoms with Gasteiger partial charge in [-0.15, -0.1) is 0 Å². The van der Waals surface area contributed by atoms with Crippen LogP contribution in [0.4, 0.5) is 0 Å². The highest BCUT2D eigenvalue weighted by molar-refractivity contribution is 4.98. The fourth-order valence-electron chi connectivity index (χ4n) is 1.27. The van der Waals surface area contributed by atoms with Crippen LogP contribution in [-0.2, 0) is 0 Å². The summed E-state index contributed by atoms with van der Waals surface area (Å²) >= 11 is 0. The molecule has 0 saturated heterocycles. The van der Waals surface area contributed by atoms with Gasteiger partial charge in [0.05, 0.1) is 0 Å². The van der Waals surface area contributed by atoms with Crippen molar-refractivity contribution >= 4 is 0 Å². The number of rotatable bonds is 8. The summed E-state index contributed by atoms with van der Waals surface area (Å²) in [6, 6.07) is 0. The third-order valence-corrected chi connectivity index (χ3v) is 2.11. The third kappa shape index (κ3) is 11.5. The van der Waals surface area contributed by atoms with E-state index in [1.807, 2.05) is 0 Å². The number of hydrogen-bond donors (Lipinski definition) is 0. The van der Waals surface area contributed by atoms with Crippen LogP contribution in [0.1, 0.15) is 58.8 Å². The van der Waals surface area contributed by atoms with Gasteiger partial charge in [0.25, 0.3) is 0 Å². The van der Waals surface area contributed by atoms with Gasteiger partial charge in [-0.2, -0.15) is 0 Å². The molecular formula is C13H24. The van der Waals surface area contributed by atoms with Gasteiger partial charge in [0.15, 0.2) is 0 Å². The Balaban J connectivity index is 3.06. The van der Waals surface area contributed by atoms with Crippen molar-refractivity contribution in [1.82, 2.24) is 0 Å². The van der Waals surface area contributed by atoms with Crippen LogP contribution < -0.4 is 0 Å². The predicted molar refractivity (Wildman–Crippen MR) is 61.9 cm³/mol. The first-order valence-corrected chi connectivity index (χ1v) is 5.56. The molecule has 0 aliphatic heterocycles. The van der Waals surface area contributed by atoms with Crippen molar-refractivity contribution in [2.45, 2.75) is 58.8 Å². The average Bonchev–Trinajstić information content (AvgIpc) is 2.09. The van der Waals surface area contributed by atoms with Crippen LogP contribution in [0.25, 0.3) is 0 Å². The fraction of sp³-hybridized carbons (Fsp3) is 0.692. The van der Waals surface area contributed by atoms with Gasteiger partial charge in [-0.1, -0.05) is 56.9 Å².